The van der Waals surface area contributed by atoms with E-state index in [-0.39, 0.29) is 11.1 Å². The zero-order chi connectivity index (χ0) is 8.43. The van der Waals surface area contributed by atoms with Gasteiger partial charge in [-0.2, -0.15) is 4.98 Å². The molecule has 0 spiro atoms. The predicted octanol–water partition coefficient (Wildman–Crippen LogP) is 0.532. The summed E-state index contributed by atoms with van der Waals surface area (Å²) in [5.41, 5.74) is 0. The molecule has 5 nitrogen and oxygen atoms in total. The Morgan fingerprint density at radius 2 is 2.09 bits per heavy atom. The number of carboxylic acid groups (broad SMARTS) is 1. The largest absolute Gasteiger partial charge is 0.475 e. The van der Waals surface area contributed by atoms with Gasteiger partial charge >= 0.3 is 5.97 Å². The Morgan fingerprint density at radius 3 is 2.55 bits per heavy atom. The van der Waals surface area contributed by atoms with E-state index in [9.17, 15) is 4.79 Å². The quantitative estimate of drug-likeness (QED) is 0.671. The molecule has 0 amide bonds. The Morgan fingerprint density at radius 1 is 1.45 bits per heavy atom. The monoisotopic (exact) mass is 173 g/mol. The number of halogens is 1. The maximum atomic E-state index is 10.3. The highest BCUT2D eigenvalue weighted by molar-refractivity contribution is 6.28. The highest BCUT2D eigenvalue weighted by Crippen LogP contribution is 2.00. The second-order valence-corrected chi connectivity index (χ2v) is 2.12. The van der Waals surface area contributed by atoms with E-state index in [0.29, 0.717) is 5.82 Å². The lowest BCUT2D eigenvalue weighted by molar-refractivity contribution is 0.0682. The summed E-state index contributed by atoms with van der Waals surface area (Å²) < 4.78 is 0. The molecule has 1 aromatic heterocycles. The average Bonchev–Trinajstić information content (AvgIpc) is 1.85. The Bertz CT molecular complexity index is 282. The van der Waals surface area contributed by atoms with Gasteiger partial charge in [-0.15, -0.1) is 0 Å². The number of hydrogen-bond donors (Lipinski definition) is 1. The SMILES string of the molecule is Cc1nc(Cl)nc(C(=O)O)n1. The minimum Gasteiger partial charge on any atom is -0.475 e. The zero-order valence-corrected chi connectivity index (χ0v) is 6.33. The first kappa shape index (κ1) is 7.87. The molecule has 0 aliphatic heterocycles. The molecule has 0 fully saturated rings. The zero-order valence-electron chi connectivity index (χ0n) is 5.58. The van der Waals surface area contributed by atoms with Crippen LogP contribution in [-0.2, 0) is 0 Å². The summed E-state index contributed by atoms with van der Waals surface area (Å²) in [6, 6.07) is 0. The molecule has 0 bridgehead atoms. The number of carboxylic acids is 1. The molecule has 0 aliphatic rings. The van der Waals surface area contributed by atoms with Crippen LogP contribution in [0.2, 0.25) is 5.28 Å². The molecular weight excluding hydrogens is 170 g/mol. The van der Waals surface area contributed by atoms with Crippen LogP contribution in [0.5, 0.6) is 0 Å². The Hall–Kier alpha value is -1.23. The molecule has 0 unspecified atom stereocenters. The van der Waals surface area contributed by atoms with Crippen molar-refractivity contribution in [3.63, 3.8) is 0 Å². The van der Waals surface area contributed by atoms with Gasteiger partial charge in [0.05, 0.1) is 0 Å². The van der Waals surface area contributed by atoms with Crippen molar-refractivity contribution in [1.82, 2.24) is 15.0 Å². The van der Waals surface area contributed by atoms with Crippen molar-refractivity contribution in [3.8, 4) is 0 Å². The lowest BCUT2D eigenvalue weighted by Gasteiger charge is -1.94. The Kier molecular flexibility index (Phi) is 2.00. The second kappa shape index (κ2) is 2.79. The smallest absolute Gasteiger partial charge is 0.374 e. The summed E-state index contributed by atoms with van der Waals surface area (Å²) in [7, 11) is 0. The number of aromatic nitrogens is 3. The number of nitrogens with zero attached hydrogens (tertiary/aromatic N) is 3. The van der Waals surface area contributed by atoms with Crippen LogP contribution in [0.25, 0.3) is 0 Å². The van der Waals surface area contributed by atoms with Crippen LogP contribution < -0.4 is 0 Å². The summed E-state index contributed by atoms with van der Waals surface area (Å²) in [5.74, 6) is -1.25. The first-order chi connectivity index (χ1) is 5.09. The van der Waals surface area contributed by atoms with Gasteiger partial charge in [-0.25, -0.2) is 14.8 Å². The van der Waals surface area contributed by atoms with Crippen LogP contribution in [-0.4, -0.2) is 26.0 Å². The Balaban J connectivity index is 3.19. The van der Waals surface area contributed by atoms with Crippen LogP contribution >= 0.6 is 11.6 Å². The summed E-state index contributed by atoms with van der Waals surface area (Å²) >= 11 is 5.37. The van der Waals surface area contributed by atoms with E-state index in [1.165, 1.54) is 0 Å². The molecule has 0 radical (unpaired) electrons. The van der Waals surface area contributed by atoms with E-state index < -0.39 is 5.97 Å². The van der Waals surface area contributed by atoms with Crippen LogP contribution in [0.15, 0.2) is 0 Å². The van der Waals surface area contributed by atoms with E-state index in [1.54, 1.807) is 6.92 Å². The first-order valence-electron chi connectivity index (χ1n) is 2.71. The fraction of sp³-hybridized carbons (Fsp3) is 0.200. The molecule has 11 heavy (non-hydrogen) atoms. The van der Waals surface area contributed by atoms with Crippen LogP contribution in [0.4, 0.5) is 0 Å². The summed E-state index contributed by atoms with van der Waals surface area (Å²) in [6.45, 7) is 1.54. The maximum absolute atomic E-state index is 10.3. The minimum atomic E-state index is -1.21. The van der Waals surface area contributed by atoms with Crippen LogP contribution in [0.1, 0.15) is 16.4 Å². The number of rotatable bonds is 1. The molecule has 6 heteroatoms. The fourth-order valence-electron chi connectivity index (χ4n) is 0.545. The molecular formula is C5H4ClN3O2. The number of hydrogen-bond acceptors (Lipinski definition) is 4. The molecule has 0 saturated carbocycles. The van der Waals surface area contributed by atoms with E-state index in [1.807, 2.05) is 0 Å². The fourth-order valence-corrected chi connectivity index (χ4v) is 0.747. The molecule has 0 atom stereocenters. The lowest BCUT2D eigenvalue weighted by Crippen LogP contribution is -2.06. The van der Waals surface area contributed by atoms with E-state index in [2.05, 4.69) is 15.0 Å². The highest BCUT2D eigenvalue weighted by atomic mass is 35.5. The van der Waals surface area contributed by atoms with Crippen molar-refractivity contribution < 1.29 is 9.90 Å². The van der Waals surface area contributed by atoms with Crippen molar-refractivity contribution in [2.45, 2.75) is 6.92 Å². The van der Waals surface area contributed by atoms with Gasteiger partial charge in [-0.3, -0.25) is 0 Å². The van der Waals surface area contributed by atoms with Gasteiger partial charge < -0.3 is 5.11 Å². The molecule has 0 saturated heterocycles. The minimum absolute atomic E-state index is 0.102. The van der Waals surface area contributed by atoms with Gasteiger partial charge in [0, 0.05) is 0 Å². The first-order valence-corrected chi connectivity index (χ1v) is 3.09. The van der Waals surface area contributed by atoms with E-state index in [0.717, 1.165) is 0 Å². The van der Waals surface area contributed by atoms with Crippen LogP contribution in [0, 0.1) is 6.92 Å². The van der Waals surface area contributed by atoms with Crippen molar-refractivity contribution in [1.29, 1.82) is 0 Å². The molecule has 0 aromatic carbocycles. The third kappa shape index (κ3) is 1.84. The van der Waals surface area contributed by atoms with Crippen molar-refractivity contribution in [2.75, 3.05) is 0 Å². The lowest BCUT2D eigenvalue weighted by atomic mass is 10.6. The maximum Gasteiger partial charge on any atom is 0.374 e. The van der Waals surface area contributed by atoms with Crippen LogP contribution in [0.3, 0.4) is 0 Å². The molecule has 1 rings (SSSR count). The van der Waals surface area contributed by atoms with Gasteiger partial charge in [0.15, 0.2) is 0 Å². The van der Waals surface area contributed by atoms with Gasteiger partial charge in [-0.1, -0.05) is 0 Å². The molecule has 1 heterocycles. The second-order valence-electron chi connectivity index (χ2n) is 1.78. The molecule has 1 aromatic rings. The van der Waals surface area contributed by atoms with E-state index in [4.69, 9.17) is 16.7 Å². The molecule has 0 aliphatic carbocycles. The van der Waals surface area contributed by atoms with Crippen molar-refractivity contribution >= 4 is 17.6 Å². The Labute approximate surface area is 67.1 Å². The van der Waals surface area contributed by atoms with E-state index >= 15 is 0 Å². The van der Waals surface area contributed by atoms with Crippen molar-refractivity contribution in [2.24, 2.45) is 0 Å². The summed E-state index contributed by atoms with van der Waals surface area (Å²) in [6.07, 6.45) is 0. The summed E-state index contributed by atoms with van der Waals surface area (Å²) in [4.78, 5) is 20.8. The average molecular weight is 174 g/mol. The molecule has 58 valence electrons. The van der Waals surface area contributed by atoms with Crippen molar-refractivity contribution in [3.05, 3.63) is 16.9 Å². The third-order valence-corrected chi connectivity index (χ3v) is 1.08. The van der Waals surface area contributed by atoms with Gasteiger partial charge in [-0.05, 0) is 18.5 Å². The predicted molar refractivity (Wildman–Crippen MR) is 36.5 cm³/mol. The standard InChI is InChI=1S/C5H4ClN3O2/c1-2-7-3(4(10)11)9-5(6)8-2/h1H3,(H,10,11). The number of carbonyl (C=O) groups is 1. The normalized spacial score (nSPS) is 9.64. The summed E-state index contributed by atoms with van der Waals surface area (Å²) in [5, 5.41) is 8.32. The van der Waals surface area contributed by atoms with Gasteiger partial charge in [0.1, 0.15) is 5.82 Å². The third-order valence-electron chi connectivity index (χ3n) is 0.911. The van der Waals surface area contributed by atoms with Gasteiger partial charge in [0.2, 0.25) is 11.1 Å². The highest BCUT2D eigenvalue weighted by Gasteiger charge is 2.08. The van der Waals surface area contributed by atoms with Gasteiger partial charge in [0.25, 0.3) is 0 Å². The molecule has 1 N–H and O–H groups in total. The number of aryl methyl sites for hydroxylation is 1. The topological polar surface area (TPSA) is 76.0 Å². The number of aromatic carboxylic acids is 1.